The van der Waals surface area contributed by atoms with Crippen LogP contribution in [-0.4, -0.2) is 23.6 Å². The van der Waals surface area contributed by atoms with Gasteiger partial charge in [0.05, 0.1) is 11.4 Å². The largest absolute Gasteiger partial charge is 0.398 e. The molecule has 1 aromatic heterocycles. The predicted molar refractivity (Wildman–Crippen MR) is 75.7 cm³/mol. The third kappa shape index (κ3) is 3.07. The number of nitrogen functional groups attached to an aromatic ring is 1. The Morgan fingerprint density at radius 1 is 1.14 bits per heavy atom. The van der Waals surface area contributed by atoms with Crippen molar-refractivity contribution in [2.75, 3.05) is 10.5 Å². The molecule has 3 N–H and O–H groups in total. The molecule has 2 aromatic rings. The Morgan fingerprint density at radius 3 is 2.43 bits per heavy atom. The second-order valence-electron chi connectivity index (χ2n) is 4.55. The number of sulfonamides is 1. The van der Waals surface area contributed by atoms with Crippen LogP contribution in [0.5, 0.6) is 0 Å². The predicted octanol–water partition coefficient (Wildman–Crippen LogP) is 1.32. The van der Waals surface area contributed by atoms with Gasteiger partial charge in [0.25, 0.3) is 16.0 Å². The van der Waals surface area contributed by atoms with Gasteiger partial charge in [-0.3, -0.25) is 0 Å². The molecule has 1 aromatic carbocycles. The smallest absolute Gasteiger partial charge is 0.267 e. The molecule has 2 rings (SSSR count). The SMILES string of the molecule is Cc1cc(F)c(S(=O)(=O)Nc2nnc(C)c(C)n2)cc1N. The number of nitrogens with two attached hydrogens (primary N) is 1. The van der Waals surface area contributed by atoms with Crippen LogP contribution in [0.15, 0.2) is 17.0 Å². The molecule has 1 heterocycles. The summed E-state index contributed by atoms with van der Waals surface area (Å²) >= 11 is 0. The molecule has 0 saturated carbocycles. The van der Waals surface area contributed by atoms with Crippen LogP contribution in [-0.2, 0) is 10.0 Å². The number of hydrogen-bond acceptors (Lipinski definition) is 6. The summed E-state index contributed by atoms with van der Waals surface area (Å²) in [7, 11) is -4.18. The Labute approximate surface area is 121 Å². The van der Waals surface area contributed by atoms with Crippen molar-refractivity contribution in [3.05, 3.63) is 34.9 Å². The average molecular weight is 311 g/mol. The van der Waals surface area contributed by atoms with E-state index in [1.807, 2.05) is 0 Å². The molecule has 0 aliphatic rings. The fourth-order valence-electron chi connectivity index (χ4n) is 1.55. The molecule has 0 bridgehead atoms. The normalized spacial score (nSPS) is 11.4. The monoisotopic (exact) mass is 311 g/mol. The van der Waals surface area contributed by atoms with E-state index in [9.17, 15) is 12.8 Å². The van der Waals surface area contributed by atoms with Crippen LogP contribution in [0.25, 0.3) is 0 Å². The Balaban J connectivity index is 2.43. The van der Waals surface area contributed by atoms with Crippen LogP contribution in [0.1, 0.15) is 17.0 Å². The fourth-order valence-corrected chi connectivity index (χ4v) is 2.58. The maximum Gasteiger partial charge on any atom is 0.267 e. The summed E-state index contributed by atoms with van der Waals surface area (Å²) in [6.45, 7) is 4.93. The summed E-state index contributed by atoms with van der Waals surface area (Å²) in [6.07, 6.45) is 0. The van der Waals surface area contributed by atoms with Crippen molar-refractivity contribution >= 4 is 21.7 Å². The Hall–Kier alpha value is -2.29. The molecule has 0 atom stereocenters. The van der Waals surface area contributed by atoms with Gasteiger partial charge < -0.3 is 5.73 Å². The van der Waals surface area contributed by atoms with E-state index in [2.05, 4.69) is 19.9 Å². The van der Waals surface area contributed by atoms with Crippen molar-refractivity contribution < 1.29 is 12.8 Å². The standard InChI is InChI=1S/C12H14FN5O2S/c1-6-4-9(13)11(5-10(6)14)21(19,20)18-12-15-7(2)8(3)16-17-12/h4-5H,14H2,1-3H3,(H,15,17,18). The Morgan fingerprint density at radius 2 is 1.81 bits per heavy atom. The number of nitrogens with zero attached hydrogens (tertiary/aromatic N) is 3. The number of nitrogens with one attached hydrogen (secondary N) is 1. The number of aromatic nitrogens is 3. The number of halogens is 1. The minimum absolute atomic E-state index is 0.177. The van der Waals surface area contributed by atoms with E-state index in [-0.39, 0.29) is 11.6 Å². The van der Waals surface area contributed by atoms with Crippen LogP contribution in [0.3, 0.4) is 0 Å². The molecule has 0 aliphatic heterocycles. The number of hydrogen-bond donors (Lipinski definition) is 2. The van der Waals surface area contributed by atoms with Gasteiger partial charge >= 0.3 is 0 Å². The molecule has 0 saturated heterocycles. The highest BCUT2D eigenvalue weighted by Crippen LogP contribution is 2.22. The molecule has 9 heteroatoms. The Bertz CT molecular complexity index is 808. The minimum Gasteiger partial charge on any atom is -0.398 e. The topological polar surface area (TPSA) is 111 Å². The third-order valence-electron chi connectivity index (χ3n) is 2.93. The molecule has 0 radical (unpaired) electrons. The fraction of sp³-hybridized carbons (Fsp3) is 0.250. The van der Waals surface area contributed by atoms with E-state index in [0.29, 0.717) is 17.0 Å². The maximum absolute atomic E-state index is 13.8. The number of anilines is 2. The molecule has 7 nitrogen and oxygen atoms in total. The number of rotatable bonds is 3. The molecular weight excluding hydrogens is 297 g/mol. The molecule has 0 aliphatic carbocycles. The summed E-state index contributed by atoms with van der Waals surface area (Å²) in [4.78, 5) is 3.37. The highest BCUT2D eigenvalue weighted by atomic mass is 32.2. The van der Waals surface area contributed by atoms with Crippen LogP contribution in [0.2, 0.25) is 0 Å². The lowest BCUT2D eigenvalue weighted by Crippen LogP contribution is -2.18. The van der Waals surface area contributed by atoms with E-state index >= 15 is 0 Å². The van der Waals surface area contributed by atoms with Crippen molar-refractivity contribution in [2.24, 2.45) is 0 Å². The maximum atomic E-state index is 13.8. The van der Waals surface area contributed by atoms with Gasteiger partial charge in [0.1, 0.15) is 10.7 Å². The van der Waals surface area contributed by atoms with E-state index < -0.39 is 20.7 Å². The van der Waals surface area contributed by atoms with Gasteiger partial charge in [-0.25, -0.2) is 22.5 Å². The second kappa shape index (κ2) is 5.24. The number of aryl methyl sites for hydroxylation is 3. The molecule has 0 unspecified atom stereocenters. The van der Waals surface area contributed by atoms with Crippen LogP contribution in [0.4, 0.5) is 16.0 Å². The third-order valence-corrected chi connectivity index (χ3v) is 4.27. The first-order chi connectivity index (χ1) is 9.70. The van der Waals surface area contributed by atoms with Gasteiger partial charge in [-0.1, -0.05) is 0 Å². The average Bonchev–Trinajstić information content (AvgIpc) is 2.37. The minimum atomic E-state index is -4.18. The van der Waals surface area contributed by atoms with E-state index in [4.69, 9.17) is 5.73 Å². The summed E-state index contributed by atoms with van der Waals surface area (Å²) in [5.41, 5.74) is 7.34. The molecule has 112 valence electrons. The van der Waals surface area contributed by atoms with Gasteiger partial charge in [-0.2, -0.15) is 5.10 Å². The van der Waals surface area contributed by atoms with Gasteiger partial charge in [-0.15, -0.1) is 5.10 Å². The summed E-state index contributed by atoms with van der Waals surface area (Å²) in [6, 6.07) is 2.12. The lowest BCUT2D eigenvalue weighted by Gasteiger charge is -2.10. The van der Waals surface area contributed by atoms with Crippen molar-refractivity contribution in [1.82, 2.24) is 15.2 Å². The Kier molecular flexibility index (Phi) is 3.77. The molecular formula is C12H14FN5O2S. The van der Waals surface area contributed by atoms with Crippen molar-refractivity contribution in [3.63, 3.8) is 0 Å². The first kappa shape index (κ1) is 15.1. The molecule has 21 heavy (non-hydrogen) atoms. The van der Waals surface area contributed by atoms with Gasteiger partial charge in [-0.05, 0) is 38.5 Å². The van der Waals surface area contributed by atoms with Gasteiger partial charge in [0.2, 0.25) is 0 Å². The zero-order valence-corrected chi connectivity index (χ0v) is 12.5. The van der Waals surface area contributed by atoms with E-state index in [1.165, 1.54) is 0 Å². The van der Waals surface area contributed by atoms with E-state index in [1.54, 1.807) is 20.8 Å². The van der Waals surface area contributed by atoms with Crippen molar-refractivity contribution in [2.45, 2.75) is 25.7 Å². The lowest BCUT2D eigenvalue weighted by molar-refractivity contribution is 0.569. The molecule has 0 amide bonds. The first-order valence-corrected chi connectivity index (χ1v) is 7.45. The highest BCUT2D eigenvalue weighted by molar-refractivity contribution is 7.92. The van der Waals surface area contributed by atoms with Gasteiger partial charge in [0, 0.05) is 5.69 Å². The molecule has 0 spiro atoms. The summed E-state index contributed by atoms with van der Waals surface area (Å²) < 4.78 is 40.3. The first-order valence-electron chi connectivity index (χ1n) is 5.97. The summed E-state index contributed by atoms with van der Waals surface area (Å²) in [5, 5.41) is 7.37. The quantitative estimate of drug-likeness (QED) is 0.827. The van der Waals surface area contributed by atoms with Crippen LogP contribution >= 0.6 is 0 Å². The van der Waals surface area contributed by atoms with Crippen LogP contribution in [0, 0.1) is 26.6 Å². The zero-order chi connectivity index (χ0) is 15.8. The zero-order valence-electron chi connectivity index (χ0n) is 11.7. The van der Waals surface area contributed by atoms with Crippen molar-refractivity contribution in [1.29, 1.82) is 0 Å². The van der Waals surface area contributed by atoms with E-state index in [0.717, 1.165) is 12.1 Å². The number of benzene rings is 1. The molecule has 0 fully saturated rings. The van der Waals surface area contributed by atoms with Gasteiger partial charge in [0.15, 0.2) is 0 Å². The second-order valence-corrected chi connectivity index (χ2v) is 6.20. The van der Waals surface area contributed by atoms with Crippen molar-refractivity contribution in [3.8, 4) is 0 Å². The van der Waals surface area contributed by atoms with Crippen LogP contribution < -0.4 is 10.5 Å². The summed E-state index contributed by atoms with van der Waals surface area (Å²) in [5.74, 6) is -1.12. The lowest BCUT2D eigenvalue weighted by atomic mass is 10.2. The highest BCUT2D eigenvalue weighted by Gasteiger charge is 2.22.